The first-order chi connectivity index (χ1) is 6.83. The van der Waals surface area contributed by atoms with Gasteiger partial charge in [-0.2, -0.15) is 0 Å². The lowest BCUT2D eigenvalue weighted by Gasteiger charge is -2.10. The summed E-state index contributed by atoms with van der Waals surface area (Å²) >= 11 is 0. The van der Waals surface area contributed by atoms with Gasteiger partial charge in [-0.15, -0.1) is 0 Å². The van der Waals surface area contributed by atoms with Crippen LogP contribution in [0.1, 0.15) is 18.0 Å². The van der Waals surface area contributed by atoms with Crippen LogP contribution in [0.4, 0.5) is 0 Å². The second kappa shape index (κ2) is 3.77. The van der Waals surface area contributed by atoms with Crippen molar-refractivity contribution in [3.05, 3.63) is 30.0 Å². The van der Waals surface area contributed by atoms with Crippen molar-refractivity contribution in [2.24, 2.45) is 5.73 Å². The number of nitrogens with zero attached hydrogens (tertiary/aromatic N) is 1. The molecule has 1 aromatic carbocycles. The van der Waals surface area contributed by atoms with Crippen LogP contribution in [0.25, 0.3) is 11.0 Å². The van der Waals surface area contributed by atoms with Crippen molar-refractivity contribution in [1.82, 2.24) is 5.16 Å². The van der Waals surface area contributed by atoms with Gasteiger partial charge in [0.05, 0.1) is 6.20 Å². The Hall–Kier alpha value is -1.39. The van der Waals surface area contributed by atoms with Crippen LogP contribution >= 0.6 is 0 Å². The van der Waals surface area contributed by atoms with E-state index in [1.165, 1.54) is 0 Å². The Bertz CT molecular complexity index is 425. The molecule has 0 radical (unpaired) electrons. The number of hydrogen-bond donors (Lipinski definition) is 2. The quantitative estimate of drug-likeness (QED) is 0.766. The fourth-order valence-electron chi connectivity index (χ4n) is 1.53. The van der Waals surface area contributed by atoms with Crippen molar-refractivity contribution in [2.45, 2.75) is 12.5 Å². The summed E-state index contributed by atoms with van der Waals surface area (Å²) in [5, 5.41) is 13.4. The normalized spacial score (nSPS) is 13.3. The molecule has 1 atom stereocenters. The molecular formula is C10H12N2O2. The predicted octanol–water partition coefficient (Wildman–Crippen LogP) is 1.21. The lowest BCUT2D eigenvalue weighted by Crippen LogP contribution is -2.11. The van der Waals surface area contributed by atoms with Gasteiger partial charge in [-0.3, -0.25) is 0 Å². The fourth-order valence-corrected chi connectivity index (χ4v) is 1.53. The molecule has 0 aliphatic carbocycles. The lowest BCUT2D eigenvalue weighted by atomic mass is 10.0. The molecular weight excluding hydrogens is 180 g/mol. The highest BCUT2D eigenvalue weighted by molar-refractivity contribution is 5.80. The number of aromatic nitrogens is 1. The first-order valence-corrected chi connectivity index (χ1v) is 4.52. The minimum absolute atomic E-state index is 0.0861. The smallest absolute Gasteiger partial charge is 0.167 e. The summed E-state index contributed by atoms with van der Waals surface area (Å²) in [6.45, 7) is 0.0861. The van der Waals surface area contributed by atoms with Gasteiger partial charge in [0.2, 0.25) is 0 Å². The molecule has 74 valence electrons. The monoisotopic (exact) mass is 192 g/mol. The molecule has 0 saturated heterocycles. The van der Waals surface area contributed by atoms with Crippen molar-refractivity contribution in [3.63, 3.8) is 0 Å². The zero-order valence-corrected chi connectivity index (χ0v) is 7.68. The Morgan fingerprint density at radius 2 is 2.36 bits per heavy atom. The first-order valence-electron chi connectivity index (χ1n) is 4.52. The van der Waals surface area contributed by atoms with E-state index < -0.39 is 0 Å². The Kier molecular flexibility index (Phi) is 2.47. The van der Waals surface area contributed by atoms with Crippen molar-refractivity contribution in [3.8, 4) is 0 Å². The maximum absolute atomic E-state index is 8.80. The largest absolute Gasteiger partial charge is 0.396 e. The van der Waals surface area contributed by atoms with E-state index in [9.17, 15) is 0 Å². The molecule has 0 bridgehead atoms. The van der Waals surface area contributed by atoms with E-state index in [0.717, 1.165) is 16.5 Å². The van der Waals surface area contributed by atoms with Gasteiger partial charge in [0.1, 0.15) is 0 Å². The van der Waals surface area contributed by atoms with E-state index in [4.69, 9.17) is 15.4 Å². The number of aliphatic hydroxyl groups is 1. The molecule has 4 nitrogen and oxygen atoms in total. The van der Waals surface area contributed by atoms with E-state index in [0.29, 0.717) is 6.42 Å². The number of nitrogens with two attached hydrogens (primary N) is 1. The average molecular weight is 192 g/mol. The third kappa shape index (κ3) is 1.49. The highest BCUT2D eigenvalue weighted by Gasteiger charge is 2.10. The van der Waals surface area contributed by atoms with Crippen LogP contribution in [-0.4, -0.2) is 16.9 Å². The highest BCUT2D eigenvalue weighted by Crippen LogP contribution is 2.24. The van der Waals surface area contributed by atoms with E-state index in [1.807, 2.05) is 18.2 Å². The molecule has 0 fully saturated rings. The summed E-state index contributed by atoms with van der Waals surface area (Å²) in [4.78, 5) is 0. The van der Waals surface area contributed by atoms with Gasteiger partial charge < -0.3 is 15.4 Å². The average Bonchev–Trinajstić information content (AvgIpc) is 2.65. The first kappa shape index (κ1) is 9.18. The summed E-state index contributed by atoms with van der Waals surface area (Å²) < 4.78 is 5.02. The second-order valence-corrected chi connectivity index (χ2v) is 3.20. The molecule has 2 aromatic rings. The standard InChI is InChI=1S/C10H12N2O2/c11-9(4-5-13)7-2-1-3-10-8(7)6-12-14-10/h1-3,6,9,13H,4-5,11H2. The Labute approximate surface area is 81.3 Å². The maximum atomic E-state index is 8.80. The van der Waals surface area contributed by atoms with Crippen LogP contribution in [-0.2, 0) is 0 Å². The van der Waals surface area contributed by atoms with Gasteiger partial charge in [0.25, 0.3) is 0 Å². The third-order valence-corrected chi connectivity index (χ3v) is 2.27. The number of aliphatic hydroxyl groups excluding tert-OH is 1. The Balaban J connectivity index is 2.45. The topological polar surface area (TPSA) is 72.3 Å². The van der Waals surface area contributed by atoms with Gasteiger partial charge >= 0.3 is 0 Å². The molecule has 4 heteroatoms. The fraction of sp³-hybridized carbons (Fsp3) is 0.300. The Morgan fingerprint density at radius 1 is 1.50 bits per heavy atom. The van der Waals surface area contributed by atoms with E-state index in [1.54, 1.807) is 6.20 Å². The summed E-state index contributed by atoms with van der Waals surface area (Å²) in [7, 11) is 0. The summed E-state index contributed by atoms with van der Waals surface area (Å²) in [5.74, 6) is 0. The van der Waals surface area contributed by atoms with E-state index >= 15 is 0 Å². The predicted molar refractivity (Wildman–Crippen MR) is 52.6 cm³/mol. The maximum Gasteiger partial charge on any atom is 0.167 e. The van der Waals surface area contributed by atoms with Gasteiger partial charge in [-0.25, -0.2) is 0 Å². The van der Waals surface area contributed by atoms with Gasteiger partial charge in [-0.05, 0) is 18.1 Å². The minimum Gasteiger partial charge on any atom is -0.396 e. The number of benzene rings is 1. The zero-order chi connectivity index (χ0) is 9.97. The van der Waals surface area contributed by atoms with Crippen molar-refractivity contribution < 1.29 is 9.63 Å². The van der Waals surface area contributed by atoms with Crippen LogP contribution in [0.3, 0.4) is 0 Å². The molecule has 0 aliphatic rings. The third-order valence-electron chi connectivity index (χ3n) is 2.27. The second-order valence-electron chi connectivity index (χ2n) is 3.20. The number of rotatable bonds is 3. The molecule has 0 saturated carbocycles. The number of hydrogen-bond acceptors (Lipinski definition) is 4. The molecule has 2 rings (SSSR count). The van der Waals surface area contributed by atoms with Crippen molar-refractivity contribution in [2.75, 3.05) is 6.61 Å². The molecule has 1 unspecified atom stereocenters. The van der Waals surface area contributed by atoms with Crippen LogP contribution in [0, 0.1) is 0 Å². The van der Waals surface area contributed by atoms with E-state index in [-0.39, 0.29) is 12.6 Å². The molecule has 0 aliphatic heterocycles. The van der Waals surface area contributed by atoms with Gasteiger partial charge in [0, 0.05) is 18.0 Å². The van der Waals surface area contributed by atoms with Gasteiger partial charge in [0.15, 0.2) is 5.58 Å². The minimum atomic E-state index is -0.164. The van der Waals surface area contributed by atoms with Crippen molar-refractivity contribution in [1.29, 1.82) is 0 Å². The molecule has 14 heavy (non-hydrogen) atoms. The number of fused-ring (bicyclic) bond motifs is 1. The van der Waals surface area contributed by atoms with Crippen molar-refractivity contribution >= 4 is 11.0 Å². The highest BCUT2D eigenvalue weighted by atomic mass is 16.5. The molecule has 1 heterocycles. The van der Waals surface area contributed by atoms with E-state index in [2.05, 4.69) is 5.16 Å². The summed E-state index contributed by atoms with van der Waals surface area (Å²) in [6, 6.07) is 5.49. The summed E-state index contributed by atoms with van der Waals surface area (Å²) in [6.07, 6.45) is 2.20. The zero-order valence-electron chi connectivity index (χ0n) is 7.68. The van der Waals surface area contributed by atoms with Crippen LogP contribution in [0.15, 0.2) is 28.9 Å². The van der Waals surface area contributed by atoms with Crippen LogP contribution in [0.5, 0.6) is 0 Å². The van der Waals surface area contributed by atoms with Crippen LogP contribution < -0.4 is 5.73 Å². The van der Waals surface area contributed by atoms with Gasteiger partial charge in [-0.1, -0.05) is 17.3 Å². The summed E-state index contributed by atoms with van der Waals surface area (Å²) in [5.41, 5.74) is 7.60. The SMILES string of the molecule is NC(CCO)c1cccc2oncc12. The molecule has 1 aromatic heterocycles. The Morgan fingerprint density at radius 3 is 3.14 bits per heavy atom. The lowest BCUT2D eigenvalue weighted by molar-refractivity contribution is 0.277. The molecule has 0 amide bonds. The van der Waals surface area contributed by atoms with Crippen LogP contribution in [0.2, 0.25) is 0 Å². The molecule has 3 N–H and O–H groups in total. The molecule has 0 spiro atoms.